The van der Waals surface area contributed by atoms with Crippen LogP contribution in [0.5, 0.6) is 11.5 Å². The van der Waals surface area contributed by atoms with Gasteiger partial charge < -0.3 is 20.3 Å². The molecular weight excluding hydrogens is 524 g/mol. The van der Waals surface area contributed by atoms with Crippen molar-refractivity contribution in [3.05, 3.63) is 76.3 Å². The molecule has 1 heterocycles. The Hall–Kier alpha value is -2.90. The number of anilines is 1. The summed E-state index contributed by atoms with van der Waals surface area (Å²) in [5.74, 6) is -2.17. The molecule has 0 radical (unpaired) electrons. The fourth-order valence-corrected chi connectivity index (χ4v) is 4.43. The summed E-state index contributed by atoms with van der Waals surface area (Å²) < 4.78 is 73.5. The number of ether oxygens (including phenoxy) is 1. The molecule has 192 valence electrons. The first-order valence-electron chi connectivity index (χ1n) is 10.4. The van der Waals surface area contributed by atoms with Gasteiger partial charge in [-0.15, -0.1) is 4.31 Å². The van der Waals surface area contributed by atoms with Gasteiger partial charge in [0.05, 0.1) is 39.8 Å². The van der Waals surface area contributed by atoms with Crippen LogP contribution in [0.4, 0.5) is 23.2 Å². The highest BCUT2D eigenvalue weighted by Gasteiger charge is 2.35. The largest absolute Gasteiger partial charge is 0.593 e. The number of rotatable bonds is 8. The number of halogens is 5. The molecule has 36 heavy (non-hydrogen) atoms. The Labute approximate surface area is 212 Å². The van der Waals surface area contributed by atoms with E-state index in [1.165, 1.54) is 29.4 Å². The first-order valence-corrected chi connectivity index (χ1v) is 11.9. The predicted molar refractivity (Wildman–Crippen MR) is 128 cm³/mol. The highest BCUT2D eigenvalue weighted by atomic mass is 35.5. The number of amides is 1. The maximum atomic E-state index is 13.5. The van der Waals surface area contributed by atoms with Crippen LogP contribution in [0.1, 0.15) is 21.6 Å². The molecule has 1 atom stereocenters. The highest BCUT2D eigenvalue weighted by Crippen LogP contribution is 2.40. The van der Waals surface area contributed by atoms with Gasteiger partial charge in [-0.05, 0) is 43.3 Å². The summed E-state index contributed by atoms with van der Waals surface area (Å²) >= 11 is 4.29. The van der Waals surface area contributed by atoms with E-state index in [1.54, 1.807) is 19.2 Å². The summed E-state index contributed by atoms with van der Waals surface area (Å²) in [5.41, 5.74) is 4.24. The summed E-state index contributed by atoms with van der Waals surface area (Å²) in [4.78, 5) is 17.0. The van der Waals surface area contributed by atoms with Crippen LogP contribution in [-0.4, -0.2) is 39.9 Å². The van der Waals surface area contributed by atoms with Gasteiger partial charge in [0, 0.05) is 25.3 Å². The van der Waals surface area contributed by atoms with Crippen molar-refractivity contribution in [1.82, 2.24) is 9.29 Å². The third kappa shape index (κ3) is 6.65. The summed E-state index contributed by atoms with van der Waals surface area (Å²) in [6.45, 7) is 2.05. The van der Waals surface area contributed by atoms with Crippen LogP contribution in [0.3, 0.4) is 0 Å². The fourth-order valence-electron chi connectivity index (χ4n) is 3.10. The molecule has 1 unspecified atom stereocenters. The molecule has 3 N–H and O–H groups in total. The molecule has 1 amide bonds. The summed E-state index contributed by atoms with van der Waals surface area (Å²) in [7, 11) is 1.62. The zero-order chi connectivity index (χ0) is 26.6. The van der Waals surface area contributed by atoms with Gasteiger partial charge in [0.25, 0.3) is 5.91 Å². The lowest BCUT2D eigenvalue weighted by Gasteiger charge is -2.19. The third-order valence-corrected chi connectivity index (χ3v) is 6.58. The molecule has 13 heteroatoms. The van der Waals surface area contributed by atoms with Gasteiger partial charge in [0.15, 0.2) is 4.90 Å². The van der Waals surface area contributed by atoms with Crippen molar-refractivity contribution in [3.8, 4) is 11.5 Å². The number of likely N-dealkylation sites (N-methyl/N-ethyl adjacent to an activating group) is 1. The lowest BCUT2D eigenvalue weighted by molar-refractivity contribution is -0.137. The third-order valence-electron chi connectivity index (χ3n) is 4.86. The number of pyridine rings is 1. The number of aromatic nitrogens is 1. The second-order valence-electron chi connectivity index (χ2n) is 7.52. The average Bonchev–Trinajstić information content (AvgIpc) is 2.80. The molecule has 0 spiro atoms. The van der Waals surface area contributed by atoms with Gasteiger partial charge in [0.1, 0.15) is 11.5 Å². The van der Waals surface area contributed by atoms with Crippen molar-refractivity contribution in [2.75, 3.05) is 25.5 Å². The van der Waals surface area contributed by atoms with Crippen molar-refractivity contribution < 1.29 is 31.6 Å². The summed E-state index contributed by atoms with van der Waals surface area (Å²) in [6, 6.07) is 9.69. The number of hydrogen-bond donors (Lipinski definition) is 2. The minimum absolute atomic E-state index is 0.0544. The van der Waals surface area contributed by atoms with E-state index in [1.807, 2.05) is 0 Å². The van der Waals surface area contributed by atoms with E-state index in [2.05, 4.69) is 10.3 Å². The topological polar surface area (TPSA) is 104 Å². The first-order chi connectivity index (χ1) is 16.9. The number of aryl methyl sites for hydroxylation is 1. The first kappa shape index (κ1) is 27.7. The number of nitrogens with two attached hydrogens (primary N) is 1. The zero-order valence-electron chi connectivity index (χ0n) is 19.0. The minimum Gasteiger partial charge on any atom is -0.593 e. The molecule has 0 fully saturated rings. The molecule has 0 aliphatic heterocycles. The van der Waals surface area contributed by atoms with Crippen LogP contribution < -0.4 is 15.8 Å². The van der Waals surface area contributed by atoms with Gasteiger partial charge in [-0.2, -0.15) is 17.6 Å². The van der Waals surface area contributed by atoms with Crippen LogP contribution in [0.15, 0.2) is 53.4 Å². The molecule has 0 aliphatic carbocycles. The normalized spacial score (nSPS) is 12.5. The van der Waals surface area contributed by atoms with E-state index in [-0.39, 0.29) is 22.7 Å². The quantitative estimate of drug-likeness (QED) is 0.231. The van der Waals surface area contributed by atoms with E-state index in [4.69, 9.17) is 22.1 Å². The summed E-state index contributed by atoms with van der Waals surface area (Å²) in [6.07, 6.45) is -4.83. The molecule has 3 rings (SSSR count). The van der Waals surface area contributed by atoms with E-state index >= 15 is 0 Å². The van der Waals surface area contributed by atoms with Crippen LogP contribution in [0, 0.1) is 12.9 Å². The number of benzene rings is 2. The molecule has 0 saturated carbocycles. The second-order valence-corrected chi connectivity index (χ2v) is 9.52. The van der Waals surface area contributed by atoms with Gasteiger partial charge >= 0.3 is 6.18 Å². The molecule has 0 saturated heterocycles. The molecule has 3 aromatic rings. The predicted octanol–water partition coefficient (Wildman–Crippen LogP) is 5.16. The second kappa shape index (κ2) is 11.4. The lowest BCUT2D eigenvalue weighted by atomic mass is 10.1. The fraction of sp³-hybridized carbons (Fsp3) is 0.217. The van der Waals surface area contributed by atoms with E-state index < -0.39 is 45.7 Å². The number of alkyl halides is 3. The molecular formula is C23H21ClF4N4O3S. The van der Waals surface area contributed by atoms with E-state index in [0.29, 0.717) is 24.1 Å². The average molecular weight is 545 g/mol. The number of nitrogens with one attached hydrogen (secondary N) is 1. The van der Waals surface area contributed by atoms with Crippen molar-refractivity contribution in [3.63, 3.8) is 0 Å². The summed E-state index contributed by atoms with van der Waals surface area (Å²) in [5, 5.41) is 1.83. The van der Waals surface area contributed by atoms with Crippen LogP contribution in [0.25, 0.3) is 0 Å². The van der Waals surface area contributed by atoms with Crippen molar-refractivity contribution in [2.24, 2.45) is 5.73 Å². The number of hydrogen-bond acceptors (Lipinski definition) is 6. The van der Waals surface area contributed by atoms with Crippen molar-refractivity contribution in [2.45, 2.75) is 18.0 Å². The number of nitrogens with zero attached hydrogens (tertiary/aromatic N) is 2. The Morgan fingerprint density at radius 2 is 1.94 bits per heavy atom. The van der Waals surface area contributed by atoms with Gasteiger partial charge in [0.2, 0.25) is 5.95 Å². The molecule has 0 bridgehead atoms. The smallest absolute Gasteiger partial charge is 0.417 e. The standard InChI is InChI=1S/C23H21ClF4N4O3S/c1-13-19(6-7-21(25)30-13)35-20-12-17(23(26,27)28)18(24)11-16(20)22(33)31-14-4-3-5-15(10-14)36(34)32(2)9-8-29/h3-7,10-12H,8-9,29H2,1-2H3,(H,31,33). The maximum absolute atomic E-state index is 13.5. The zero-order valence-corrected chi connectivity index (χ0v) is 20.6. The van der Waals surface area contributed by atoms with Crippen LogP contribution in [-0.2, 0) is 17.5 Å². The van der Waals surface area contributed by atoms with E-state index in [0.717, 1.165) is 12.1 Å². The van der Waals surface area contributed by atoms with Crippen LogP contribution >= 0.6 is 11.6 Å². The Morgan fingerprint density at radius 3 is 2.58 bits per heavy atom. The molecule has 2 aromatic carbocycles. The maximum Gasteiger partial charge on any atom is 0.417 e. The number of carbonyl (C=O) groups is 1. The van der Waals surface area contributed by atoms with Gasteiger partial charge in [-0.1, -0.05) is 17.7 Å². The monoisotopic (exact) mass is 544 g/mol. The highest BCUT2D eigenvalue weighted by molar-refractivity contribution is 7.89. The van der Waals surface area contributed by atoms with Crippen molar-refractivity contribution in [1.29, 1.82) is 0 Å². The Morgan fingerprint density at radius 1 is 1.22 bits per heavy atom. The Kier molecular flexibility index (Phi) is 8.80. The Bertz CT molecular complexity index is 1260. The van der Waals surface area contributed by atoms with Gasteiger partial charge in [-0.3, -0.25) is 4.79 Å². The SMILES string of the molecule is Cc1nc(F)ccc1Oc1cc(C(F)(F)F)c(Cl)cc1C(=O)Nc1cccc([S+]([O-])N(C)CCN)c1. The lowest BCUT2D eigenvalue weighted by Crippen LogP contribution is -2.31. The van der Waals surface area contributed by atoms with E-state index in [9.17, 15) is 26.9 Å². The Balaban J connectivity index is 1.97. The molecule has 1 aromatic heterocycles. The molecule has 7 nitrogen and oxygen atoms in total. The minimum atomic E-state index is -4.83. The number of carbonyl (C=O) groups excluding carboxylic acids is 1. The van der Waals surface area contributed by atoms with Crippen LogP contribution in [0.2, 0.25) is 5.02 Å². The molecule has 0 aliphatic rings. The van der Waals surface area contributed by atoms with Crippen molar-refractivity contribution >= 4 is 34.6 Å². The van der Waals surface area contributed by atoms with Gasteiger partial charge in [-0.25, -0.2) is 4.98 Å².